The van der Waals surface area contributed by atoms with Gasteiger partial charge in [-0.3, -0.25) is 9.97 Å². The molecule has 3 aromatic carbocycles. The summed E-state index contributed by atoms with van der Waals surface area (Å²) in [6.45, 7) is 0.00857. The molecule has 6 aromatic rings. The topological polar surface area (TPSA) is 58.4 Å². The maximum absolute atomic E-state index is 6.51. The average molecular weight is 451 g/mol. The average Bonchev–Trinajstić information content (AvgIpc) is 3.23. The summed E-state index contributed by atoms with van der Waals surface area (Å²) < 4.78 is 21.5. The lowest BCUT2D eigenvalue weighted by Gasteiger charge is -2.37. The summed E-state index contributed by atoms with van der Waals surface area (Å²) in [5.41, 5.74) is 6.23. The summed E-state index contributed by atoms with van der Waals surface area (Å²) in [5, 5.41) is 2.11. The van der Waals surface area contributed by atoms with Gasteiger partial charge in [0.2, 0.25) is 0 Å². The molecule has 0 saturated heterocycles. The van der Waals surface area contributed by atoms with E-state index in [1.165, 1.54) is 0 Å². The Balaban J connectivity index is 1.38. The molecule has 0 amide bonds. The fraction of sp³-hybridized carbons (Fsp3) is 0. The van der Waals surface area contributed by atoms with E-state index in [1.54, 1.807) is 0 Å². The summed E-state index contributed by atoms with van der Waals surface area (Å²) in [4.78, 5) is 8.71. The number of pyridine rings is 2. The van der Waals surface area contributed by atoms with Crippen LogP contribution in [0.25, 0.3) is 27.5 Å². The van der Waals surface area contributed by atoms with Crippen molar-refractivity contribution in [1.82, 2.24) is 14.5 Å². The van der Waals surface area contributed by atoms with Crippen LogP contribution in [0.1, 0.15) is 0 Å². The minimum absolute atomic E-state index is 0.00857. The van der Waals surface area contributed by atoms with E-state index >= 15 is 0 Å². The molecule has 9 rings (SSSR count). The van der Waals surface area contributed by atoms with Crippen molar-refractivity contribution in [3.8, 4) is 40.2 Å². The molecule has 0 radical (unpaired) electrons. The molecule has 0 spiro atoms. The first-order chi connectivity index (χ1) is 17.3. The standard InChI is InChI=1S/C28H14BN3O3/c1-3-20-26-22(5-1)34-24-11-15(32-18-7-9-30-13-16(18)17-14-31-10-8-19(17)32)12-25-28(24)29(26)27-21(33-20)4-2-6-23(27)35-25/h1-14H. The molecular weight excluding hydrogens is 437 g/mol. The van der Waals surface area contributed by atoms with Crippen molar-refractivity contribution in [3.63, 3.8) is 0 Å². The highest BCUT2D eigenvalue weighted by atomic mass is 16.5. The predicted octanol–water partition coefficient (Wildman–Crippen LogP) is 4.41. The molecule has 0 N–H and O–H groups in total. The third-order valence-corrected chi connectivity index (χ3v) is 7.29. The molecule has 7 heteroatoms. The van der Waals surface area contributed by atoms with Crippen molar-refractivity contribution in [2.75, 3.05) is 0 Å². The molecule has 3 aromatic heterocycles. The SMILES string of the molecule is c1cc2c3c(c1)Oc1cc(-n4c5ccncc5c5cnccc54)cc4c1B3c1c(cccc1O4)O2. The van der Waals surface area contributed by atoms with Crippen LogP contribution in [0.15, 0.2) is 85.5 Å². The zero-order chi connectivity index (χ0) is 22.7. The van der Waals surface area contributed by atoms with Crippen molar-refractivity contribution >= 4 is 44.9 Å². The molecular formula is C28H14BN3O3. The number of nitrogens with zero attached hydrogens (tertiary/aromatic N) is 3. The van der Waals surface area contributed by atoms with Gasteiger partial charge in [-0.05, 0) is 36.4 Å². The lowest BCUT2D eigenvalue weighted by molar-refractivity contribution is 0.442. The van der Waals surface area contributed by atoms with E-state index in [2.05, 4.69) is 26.7 Å². The number of benzene rings is 3. The number of ether oxygens (including phenoxy) is 3. The number of rotatable bonds is 1. The zero-order valence-electron chi connectivity index (χ0n) is 18.2. The molecule has 3 aliphatic rings. The number of hydrogen-bond donors (Lipinski definition) is 0. The second kappa shape index (κ2) is 6.01. The van der Waals surface area contributed by atoms with Crippen LogP contribution in [-0.4, -0.2) is 21.2 Å². The Bertz CT molecular complexity index is 1780. The van der Waals surface area contributed by atoms with Gasteiger partial charge in [-0.25, -0.2) is 0 Å². The van der Waals surface area contributed by atoms with Crippen molar-refractivity contribution in [3.05, 3.63) is 85.5 Å². The van der Waals surface area contributed by atoms with Crippen LogP contribution in [0.5, 0.6) is 34.5 Å². The van der Waals surface area contributed by atoms with Crippen molar-refractivity contribution in [1.29, 1.82) is 0 Å². The molecule has 0 atom stereocenters. The molecule has 0 saturated carbocycles. The largest absolute Gasteiger partial charge is 0.458 e. The van der Waals surface area contributed by atoms with E-state index in [4.69, 9.17) is 14.2 Å². The Morgan fingerprint density at radius 3 is 1.54 bits per heavy atom. The molecule has 0 aliphatic carbocycles. The van der Waals surface area contributed by atoms with Crippen LogP contribution in [0.2, 0.25) is 0 Å². The maximum Gasteiger partial charge on any atom is 0.270 e. The van der Waals surface area contributed by atoms with E-state index in [9.17, 15) is 0 Å². The molecule has 3 aliphatic heterocycles. The summed E-state index contributed by atoms with van der Waals surface area (Å²) >= 11 is 0. The smallest absolute Gasteiger partial charge is 0.270 e. The third-order valence-electron chi connectivity index (χ3n) is 7.29. The van der Waals surface area contributed by atoms with Crippen molar-refractivity contribution < 1.29 is 14.2 Å². The lowest BCUT2D eigenvalue weighted by Crippen LogP contribution is -2.59. The van der Waals surface area contributed by atoms with E-state index < -0.39 is 0 Å². The number of hydrogen-bond acceptors (Lipinski definition) is 5. The van der Waals surface area contributed by atoms with Gasteiger partial charge in [-0.1, -0.05) is 12.1 Å². The molecule has 162 valence electrons. The first-order valence-electron chi connectivity index (χ1n) is 11.5. The minimum atomic E-state index is 0.00857. The van der Waals surface area contributed by atoms with Gasteiger partial charge in [-0.2, -0.15) is 0 Å². The van der Waals surface area contributed by atoms with Gasteiger partial charge < -0.3 is 18.8 Å². The fourth-order valence-corrected chi connectivity index (χ4v) is 5.92. The Morgan fingerprint density at radius 2 is 1.03 bits per heavy atom. The van der Waals surface area contributed by atoms with E-state index in [-0.39, 0.29) is 6.71 Å². The van der Waals surface area contributed by atoms with Gasteiger partial charge in [0.15, 0.2) is 0 Å². The van der Waals surface area contributed by atoms with Gasteiger partial charge in [0.05, 0.1) is 16.7 Å². The fourth-order valence-electron chi connectivity index (χ4n) is 5.92. The predicted molar refractivity (Wildman–Crippen MR) is 134 cm³/mol. The first kappa shape index (κ1) is 17.7. The lowest BCUT2D eigenvalue weighted by atomic mass is 9.34. The van der Waals surface area contributed by atoms with Crippen LogP contribution in [0.4, 0.5) is 0 Å². The Morgan fingerprint density at radius 1 is 0.571 bits per heavy atom. The zero-order valence-corrected chi connectivity index (χ0v) is 18.2. The highest BCUT2D eigenvalue weighted by Gasteiger charge is 2.46. The van der Waals surface area contributed by atoms with Crippen LogP contribution in [0, 0.1) is 0 Å². The monoisotopic (exact) mass is 451 g/mol. The van der Waals surface area contributed by atoms with Crippen molar-refractivity contribution in [2.45, 2.75) is 0 Å². The number of aromatic nitrogens is 3. The Kier molecular flexibility index (Phi) is 3.04. The Labute approximate surface area is 199 Å². The van der Waals surface area contributed by atoms with Crippen LogP contribution < -0.4 is 30.6 Å². The molecule has 0 bridgehead atoms. The van der Waals surface area contributed by atoms with Crippen LogP contribution in [-0.2, 0) is 0 Å². The third kappa shape index (κ3) is 2.11. The molecule has 6 heterocycles. The quantitative estimate of drug-likeness (QED) is 0.346. The minimum Gasteiger partial charge on any atom is -0.458 e. The molecule has 0 fully saturated rings. The first-order valence-corrected chi connectivity index (χ1v) is 11.5. The van der Waals surface area contributed by atoms with E-state index in [0.717, 1.165) is 78.4 Å². The highest BCUT2D eigenvalue weighted by molar-refractivity contribution is 6.99. The van der Waals surface area contributed by atoms with Gasteiger partial charge in [0, 0.05) is 64.1 Å². The highest BCUT2D eigenvalue weighted by Crippen LogP contribution is 2.43. The summed E-state index contributed by atoms with van der Waals surface area (Å²) in [7, 11) is 0. The number of fused-ring (bicyclic) bond motifs is 3. The van der Waals surface area contributed by atoms with Crippen LogP contribution >= 0.6 is 0 Å². The summed E-state index contributed by atoms with van der Waals surface area (Å²) in [6, 6.07) is 20.3. The van der Waals surface area contributed by atoms with Crippen molar-refractivity contribution in [2.24, 2.45) is 0 Å². The second-order valence-corrected chi connectivity index (χ2v) is 9.05. The molecule has 0 unspecified atom stereocenters. The van der Waals surface area contributed by atoms with Gasteiger partial charge >= 0.3 is 0 Å². The maximum atomic E-state index is 6.51. The molecule has 35 heavy (non-hydrogen) atoms. The Hall–Kier alpha value is -4.78. The summed E-state index contributed by atoms with van der Waals surface area (Å²) in [6.07, 6.45) is 7.42. The summed E-state index contributed by atoms with van der Waals surface area (Å²) in [5.74, 6) is 4.91. The van der Waals surface area contributed by atoms with Crippen LogP contribution in [0.3, 0.4) is 0 Å². The van der Waals surface area contributed by atoms with Gasteiger partial charge in [0.1, 0.15) is 34.5 Å². The van der Waals surface area contributed by atoms with E-state index in [1.807, 2.05) is 73.3 Å². The van der Waals surface area contributed by atoms with Gasteiger partial charge in [-0.15, -0.1) is 0 Å². The van der Waals surface area contributed by atoms with Gasteiger partial charge in [0.25, 0.3) is 6.71 Å². The molecule has 6 nitrogen and oxygen atoms in total. The normalized spacial score (nSPS) is 13.8. The van der Waals surface area contributed by atoms with E-state index in [0.29, 0.717) is 0 Å². The second-order valence-electron chi connectivity index (χ2n) is 9.05.